The normalized spacial score (nSPS) is 14.7. The van der Waals surface area contributed by atoms with Gasteiger partial charge in [0.15, 0.2) is 0 Å². The van der Waals surface area contributed by atoms with Crippen molar-refractivity contribution in [1.82, 2.24) is 8.75 Å². The molecule has 0 radical (unpaired) electrons. The maximum absolute atomic E-state index is 4.50. The van der Waals surface area contributed by atoms with Crippen LogP contribution in [0.25, 0.3) is 24.2 Å². The minimum Gasteiger partial charge on any atom is -0.172 e. The van der Waals surface area contributed by atoms with Crippen LogP contribution in [0.1, 0.15) is 0 Å². The van der Waals surface area contributed by atoms with Crippen LogP contribution in [0.5, 0.6) is 0 Å². The van der Waals surface area contributed by atoms with Gasteiger partial charge in [0.05, 0.1) is 11.7 Å². The lowest BCUT2D eigenvalue weighted by atomic mass is 10.2. The van der Waals surface area contributed by atoms with Crippen LogP contribution in [0, 0.1) is 19.5 Å². The zero-order valence-corrected chi connectivity index (χ0v) is 13.4. The first-order valence-corrected chi connectivity index (χ1v) is 8.68. The van der Waals surface area contributed by atoms with Crippen molar-refractivity contribution < 1.29 is 0 Å². The molecule has 0 spiro atoms. The Hall–Kier alpha value is -1.82. The summed E-state index contributed by atoms with van der Waals surface area (Å²) in [4.78, 5) is 0. The number of hydrogen-bond acceptors (Lipinski definition) is 5. The van der Waals surface area contributed by atoms with Crippen LogP contribution in [0.4, 0.5) is 0 Å². The van der Waals surface area contributed by atoms with Crippen molar-refractivity contribution in [2.24, 2.45) is 0 Å². The van der Waals surface area contributed by atoms with Crippen LogP contribution in [0.3, 0.4) is 0 Å². The van der Waals surface area contributed by atoms with Gasteiger partial charge in [0.1, 0.15) is 11.0 Å². The minimum absolute atomic E-state index is 0.971. The Morgan fingerprint density at radius 3 is 1.52 bits per heavy atom. The van der Waals surface area contributed by atoms with E-state index in [1.807, 2.05) is 12.1 Å². The molecule has 0 amide bonds. The molecule has 0 aliphatic carbocycles. The lowest BCUT2D eigenvalue weighted by molar-refractivity contribution is 1.52. The molecule has 0 aliphatic rings. The van der Waals surface area contributed by atoms with Gasteiger partial charge in [-0.25, -0.2) is 0 Å². The van der Waals surface area contributed by atoms with Gasteiger partial charge in [-0.15, -0.1) is 22.7 Å². The molecule has 21 heavy (non-hydrogen) atoms. The molecule has 5 heteroatoms. The number of aromatic nitrogens is 2. The Balaban J connectivity index is 2.32. The van der Waals surface area contributed by atoms with E-state index in [0.29, 0.717) is 0 Å². The number of nitrogens with zero attached hydrogens (tertiary/aromatic N) is 2. The van der Waals surface area contributed by atoms with Gasteiger partial charge >= 0.3 is 0 Å². The second kappa shape index (κ2) is 4.87. The molecule has 0 bridgehead atoms. The van der Waals surface area contributed by atoms with Crippen LogP contribution in [-0.2, 0) is 0 Å². The standard InChI is InChI=1S/C16H10N2S3/c1-9-3-7-13(19-9)11-5-6-12(14-8-4-10(2)20-14)16-15(11)17-21-18-16/h3-8H,1-2H2/b13-11-,14-12-. The Morgan fingerprint density at radius 2 is 1.14 bits per heavy atom. The predicted molar refractivity (Wildman–Crippen MR) is 91.7 cm³/mol. The molecule has 3 aromatic heterocycles. The van der Waals surface area contributed by atoms with Crippen molar-refractivity contribution in [3.8, 4) is 0 Å². The van der Waals surface area contributed by atoms with E-state index in [1.54, 1.807) is 22.7 Å². The van der Waals surface area contributed by atoms with E-state index >= 15 is 0 Å². The zero-order valence-electron chi connectivity index (χ0n) is 11.0. The lowest BCUT2D eigenvalue weighted by Gasteiger charge is -1.90. The molecule has 4 rings (SSSR count). The molecule has 1 aromatic carbocycles. The molecule has 0 saturated carbocycles. The highest BCUT2D eigenvalue weighted by Crippen LogP contribution is 2.17. The first-order valence-electron chi connectivity index (χ1n) is 6.32. The topological polar surface area (TPSA) is 25.8 Å². The number of benzene rings is 1. The molecule has 102 valence electrons. The molecule has 0 N–H and O–H groups in total. The summed E-state index contributed by atoms with van der Waals surface area (Å²) >= 11 is 4.63. The third-order valence-corrected chi connectivity index (χ3v) is 5.75. The molecule has 3 heterocycles. The lowest BCUT2D eigenvalue weighted by Crippen LogP contribution is -1.80. The monoisotopic (exact) mass is 326 g/mol. The van der Waals surface area contributed by atoms with E-state index in [-0.39, 0.29) is 0 Å². The van der Waals surface area contributed by atoms with E-state index in [2.05, 4.69) is 46.2 Å². The minimum atomic E-state index is 0.971. The molecule has 0 unspecified atom stereocenters. The highest BCUT2D eigenvalue weighted by molar-refractivity contribution is 7.08. The highest BCUT2D eigenvalue weighted by Gasteiger charge is 2.04. The van der Waals surface area contributed by atoms with Crippen molar-refractivity contribution >= 4 is 58.6 Å². The number of fused-ring (bicyclic) bond motifs is 1. The zero-order chi connectivity index (χ0) is 14.4. The van der Waals surface area contributed by atoms with E-state index in [9.17, 15) is 0 Å². The Bertz CT molecular complexity index is 1130. The van der Waals surface area contributed by atoms with Crippen molar-refractivity contribution in [2.45, 2.75) is 0 Å². The number of hydrogen-bond donors (Lipinski definition) is 0. The molecule has 0 fully saturated rings. The fourth-order valence-corrected chi connectivity index (χ4v) is 4.54. The van der Waals surface area contributed by atoms with Crippen molar-refractivity contribution in [2.75, 3.05) is 0 Å². The van der Waals surface area contributed by atoms with Gasteiger partial charge in [0.2, 0.25) is 0 Å². The van der Waals surface area contributed by atoms with Crippen LogP contribution in [0.15, 0.2) is 36.4 Å². The summed E-state index contributed by atoms with van der Waals surface area (Å²) < 4.78 is 13.5. The third kappa shape index (κ3) is 2.14. The van der Waals surface area contributed by atoms with Crippen molar-refractivity contribution in [3.05, 3.63) is 65.0 Å². The summed E-state index contributed by atoms with van der Waals surface area (Å²) in [6.45, 7) is 7.96. The van der Waals surface area contributed by atoms with Crippen LogP contribution in [0.2, 0.25) is 0 Å². The van der Waals surface area contributed by atoms with Crippen LogP contribution < -0.4 is 9.06 Å². The third-order valence-electron chi connectivity index (χ3n) is 3.27. The molecular formula is C16H10N2S3. The molecule has 2 nitrogen and oxygen atoms in total. The summed E-state index contributed by atoms with van der Waals surface area (Å²) in [6.07, 6.45) is 0. The van der Waals surface area contributed by atoms with E-state index in [0.717, 1.165) is 30.5 Å². The van der Waals surface area contributed by atoms with Crippen LogP contribution >= 0.6 is 34.4 Å². The van der Waals surface area contributed by atoms with Crippen molar-refractivity contribution in [1.29, 1.82) is 0 Å². The number of rotatable bonds is 0. The Morgan fingerprint density at radius 1 is 0.667 bits per heavy atom. The van der Waals surface area contributed by atoms with E-state index in [1.165, 1.54) is 20.8 Å². The molecule has 0 saturated heterocycles. The maximum Gasteiger partial charge on any atom is 0.114 e. The van der Waals surface area contributed by atoms with Gasteiger partial charge in [0.25, 0.3) is 0 Å². The Kier molecular flexibility index (Phi) is 2.99. The van der Waals surface area contributed by atoms with E-state index < -0.39 is 0 Å². The van der Waals surface area contributed by atoms with Crippen LogP contribution in [-0.4, -0.2) is 8.75 Å². The average Bonchev–Trinajstić information content (AvgIpc) is 3.18. The van der Waals surface area contributed by atoms with Gasteiger partial charge in [-0.1, -0.05) is 25.3 Å². The fraction of sp³-hybridized carbons (Fsp3) is 0. The summed E-state index contributed by atoms with van der Waals surface area (Å²) in [5.41, 5.74) is 1.94. The fourth-order valence-electron chi connectivity index (χ4n) is 2.31. The second-order valence-electron chi connectivity index (χ2n) is 4.65. The molecular weight excluding hydrogens is 316 g/mol. The van der Waals surface area contributed by atoms with Gasteiger partial charge in [-0.05, 0) is 24.3 Å². The molecule has 0 aliphatic heterocycles. The average molecular weight is 326 g/mol. The SMILES string of the molecule is C=c1cc/c(=c2\cc/c(=c3\ccc(=C)s3)c3nsnc23)s1. The summed E-state index contributed by atoms with van der Waals surface area (Å²) in [5.74, 6) is 0. The first-order chi connectivity index (χ1) is 10.2. The molecule has 0 atom stereocenters. The Labute approximate surface area is 132 Å². The smallest absolute Gasteiger partial charge is 0.114 e. The molecule has 4 aromatic rings. The van der Waals surface area contributed by atoms with Crippen molar-refractivity contribution in [3.63, 3.8) is 0 Å². The van der Waals surface area contributed by atoms with E-state index in [4.69, 9.17) is 0 Å². The number of thiophene rings is 2. The maximum atomic E-state index is 4.50. The van der Waals surface area contributed by atoms with Gasteiger partial charge in [-0.2, -0.15) is 8.75 Å². The summed E-state index contributed by atoms with van der Waals surface area (Å²) in [7, 11) is 0. The highest BCUT2D eigenvalue weighted by atomic mass is 32.1. The first kappa shape index (κ1) is 12.9. The van der Waals surface area contributed by atoms with Gasteiger partial charge in [0, 0.05) is 28.6 Å². The van der Waals surface area contributed by atoms with Gasteiger partial charge < -0.3 is 0 Å². The van der Waals surface area contributed by atoms with Gasteiger partial charge in [-0.3, -0.25) is 0 Å². The summed E-state index contributed by atoms with van der Waals surface area (Å²) in [5, 5.41) is 2.27. The summed E-state index contributed by atoms with van der Waals surface area (Å²) in [6, 6.07) is 12.5. The predicted octanol–water partition coefficient (Wildman–Crippen LogP) is 3.21. The second-order valence-corrected chi connectivity index (χ2v) is 7.52. The largest absolute Gasteiger partial charge is 0.172 e. The quantitative estimate of drug-likeness (QED) is 0.496.